The van der Waals surface area contributed by atoms with E-state index in [1.54, 1.807) is 0 Å². The fourth-order valence-corrected chi connectivity index (χ4v) is 1.97. The third-order valence-electron chi connectivity index (χ3n) is 1.39. The molecule has 0 radical (unpaired) electrons. The Labute approximate surface area is 52.2 Å². The minimum absolute atomic E-state index is 0.282. The lowest BCUT2D eigenvalue weighted by molar-refractivity contribution is 0.679. The van der Waals surface area contributed by atoms with Crippen LogP contribution in [0.25, 0.3) is 0 Å². The summed E-state index contributed by atoms with van der Waals surface area (Å²) in [5.74, 6) is 0. The second kappa shape index (κ2) is 2.02. The SMILES string of the molecule is C[C@H]1C=C[C@H](C)S1=O. The van der Waals surface area contributed by atoms with E-state index in [4.69, 9.17) is 0 Å². The quantitative estimate of drug-likeness (QED) is 0.448. The third-order valence-corrected chi connectivity index (χ3v) is 3.17. The Bertz CT molecular complexity index is 125. The fraction of sp³-hybridized carbons (Fsp3) is 0.667. The summed E-state index contributed by atoms with van der Waals surface area (Å²) in [5.41, 5.74) is 0. The molecule has 0 fully saturated rings. The van der Waals surface area contributed by atoms with Gasteiger partial charge in [-0.05, 0) is 13.8 Å². The van der Waals surface area contributed by atoms with Crippen LogP contribution in [-0.4, -0.2) is 14.7 Å². The van der Waals surface area contributed by atoms with E-state index in [-0.39, 0.29) is 10.5 Å². The molecule has 0 aliphatic carbocycles. The zero-order valence-electron chi connectivity index (χ0n) is 5.13. The van der Waals surface area contributed by atoms with Gasteiger partial charge in [-0.15, -0.1) is 0 Å². The van der Waals surface area contributed by atoms with Crippen LogP contribution in [0.1, 0.15) is 13.8 Å². The van der Waals surface area contributed by atoms with Crippen LogP contribution in [0.5, 0.6) is 0 Å². The number of rotatable bonds is 0. The lowest BCUT2D eigenvalue weighted by Crippen LogP contribution is -2.09. The molecule has 8 heavy (non-hydrogen) atoms. The van der Waals surface area contributed by atoms with Crippen molar-refractivity contribution in [1.82, 2.24) is 0 Å². The van der Waals surface area contributed by atoms with Crippen molar-refractivity contribution in [2.75, 3.05) is 0 Å². The molecule has 2 atom stereocenters. The van der Waals surface area contributed by atoms with Crippen molar-refractivity contribution in [3.63, 3.8) is 0 Å². The van der Waals surface area contributed by atoms with Crippen LogP contribution in [0.3, 0.4) is 0 Å². The van der Waals surface area contributed by atoms with E-state index in [9.17, 15) is 4.21 Å². The Balaban J connectivity index is 2.70. The maximum Gasteiger partial charge on any atom is 0.0505 e. The van der Waals surface area contributed by atoms with E-state index >= 15 is 0 Å². The minimum Gasteiger partial charge on any atom is -0.258 e. The van der Waals surface area contributed by atoms with Crippen molar-refractivity contribution in [3.05, 3.63) is 12.2 Å². The van der Waals surface area contributed by atoms with Gasteiger partial charge in [0, 0.05) is 10.8 Å². The molecule has 0 aromatic carbocycles. The Morgan fingerprint density at radius 1 is 1.25 bits per heavy atom. The van der Waals surface area contributed by atoms with Gasteiger partial charge in [0.1, 0.15) is 0 Å². The normalized spacial score (nSPS) is 38.8. The molecule has 1 nitrogen and oxygen atoms in total. The molecule has 1 aliphatic rings. The molecule has 0 aromatic heterocycles. The molecule has 2 heteroatoms. The number of hydrogen-bond acceptors (Lipinski definition) is 1. The van der Waals surface area contributed by atoms with Gasteiger partial charge in [0.2, 0.25) is 0 Å². The second-order valence-electron chi connectivity index (χ2n) is 2.12. The van der Waals surface area contributed by atoms with Crippen LogP contribution >= 0.6 is 0 Å². The molecule has 0 N–H and O–H groups in total. The summed E-state index contributed by atoms with van der Waals surface area (Å²) in [6.07, 6.45) is 4.03. The summed E-state index contributed by atoms with van der Waals surface area (Å²) in [4.78, 5) is 0. The predicted octanol–water partition coefficient (Wildman–Crippen LogP) is 1.08. The van der Waals surface area contributed by atoms with Crippen LogP contribution in [0.2, 0.25) is 0 Å². The third kappa shape index (κ3) is 0.848. The Morgan fingerprint density at radius 2 is 1.62 bits per heavy atom. The average Bonchev–Trinajstić information content (AvgIpc) is 1.98. The van der Waals surface area contributed by atoms with Crippen molar-refractivity contribution in [1.29, 1.82) is 0 Å². The van der Waals surface area contributed by atoms with E-state index in [2.05, 4.69) is 0 Å². The molecule has 1 heterocycles. The summed E-state index contributed by atoms with van der Waals surface area (Å²) < 4.78 is 11.0. The monoisotopic (exact) mass is 130 g/mol. The predicted molar refractivity (Wildman–Crippen MR) is 36.2 cm³/mol. The second-order valence-corrected chi connectivity index (χ2v) is 4.27. The molecule has 0 unspecified atom stereocenters. The standard InChI is InChI=1S/C6H10OS/c1-5-3-4-6(2)8(5)7/h3-6H,1-2H3/t5-,6-/m0/s1. The summed E-state index contributed by atoms with van der Waals surface area (Å²) in [6, 6.07) is 0. The fourth-order valence-electron chi connectivity index (χ4n) is 0.806. The maximum absolute atomic E-state index is 11.0. The molecule has 0 bridgehead atoms. The smallest absolute Gasteiger partial charge is 0.0505 e. The van der Waals surface area contributed by atoms with E-state index in [1.807, 2.05) is 26.0 Å². The van der Waals surface area contributed by atoms with Gasteiger partial charge in [-0.2, -0.15) is 0 Å². The molecule has 0 saturated heterocycles. The van der Waals surface area contributed by atoms with Crippen LogP contribution in [-0.2, 0) is 10.8 Å². The molecule has 1 aliphatic heterocycles. The van der Waals surface area contributed by atoms with Crippen molar-refractivity contribution < 1.29 is 4.21 Å². The first-order valence-corrected chi connectivity index (χ1v) is 4.07. The maximum atomic E-state index is 11.0. The van der Waals surface area contributed by atoms with Gasteiger partial charge in [0.05, 0.1) is 10.5 Å². The molecule has 0 spiro atoms. The Morgan fingerprint density at radius 3 is 1.75 bits per heavy atom. The molecular formula is C6H10OS. The average molecular weight is 130 g/mol. The van der Waals surface area contributed by atoms with Gasteiger partial charge in [-0.25, -0.2) is 0 Å². The summed E-state index contributed by atoms with van der Waals surface area (Å²) in [5, 5.41) is 0.565. The Hall–Kier alpha value is -0.110. The topological polar surface area (TPSA) is 17.1 Å². The summed E-state index contributed by atoms with van der Waals surface area (Å²) in [6.45, 7) is 3.96. The zero-order valence-corrected chi connectivity index (χ0v) is 5.94. The first-order valence-electron chi connectivity index (χ1n) is 2.79. The first kappa shape index (κ1) is 6.02. The van der Waals surface area contributed by atoms with Gasteiger partial charge >= 0.3 is 0 Å². The highest BCUT2D eigenvalue weighted by molar-refractivity contribution is 7.86. The van der Waals surface area contributed by atoms with Gasteiger partial charge in [-0.1, -0.05) is 12.2 Å². The van der Waals surface area contributed by atoms with Gasteiger partial charge < -0.3 is 0 Å². The summed E-state index contributed by atoms with van der Waals surface area (Å²) in [7, 11) is -0.623. The highest BCUT2D eigenvalue weighted by Crippen LogP contribution is 2.13. The minimum atomic E-state index is -0.623. The van der Waals surface area contributed by atoms with Crippen LogP contribution in [0.4, 0.5) is 0 Å². The lowest BCUT2D eigenvalue weighted by atomic mass is 10.4. The molecule has 46 valence electrons. The van der Waals surface area contributed by atoms with E-state index in [0.29, 0.717) is 0 Å². The van der Waals surface area contributed by atoms with Crippen LogP contribution in [0.15, 0.2) is 12.2 Å². The molecular weight excluding hydrogens is 120 g/mol. The van der Waals surface area contributed by atoms with Gasteiger partial charge in [0.15, 0.2) is 0 Å². The zero-order chi connectivity index (χ0) is 6.15. The lowest BCUT2D eigenvalue weighted by Gasteiger charge is -1.99. The largest absolute Gasteiger partial charge is 0.258 e. The summed E-state index contributed by atoms with van der Waals surface area (Å²) >= 11 is 0. The van der Waals surface area contributed by atoms with Crippen molar-refractivity contribution in [3.8, 4) is 0 Å². The van der Waals surface area contributed by atoms with Crippen molar-refractivity contribution >= 4 is 10.8 Å². The highest BCUT2D eigenvalue weighted by atomic mass is 32.2. The molecule has 0 saturated carbocycles. The van der Waals surface area contributed by atoms with Crippen LogP contribution in [0, 0.1) is 0 Å². The van der Waals surface area contributed by atoms with Gasteiger partial charge in [0.25, 0.3) is 0 Å². The van der Waals surface area contributed by atoms with Crippen LogP contribution < -0.4 is 0 Å². The van der Waals surface area contributed by atoms with E-state index in [0.717, 1.165) is 0 Å². The number of hydrogen-bond donors (Lipinski definition) is 0. The highest BCUT2D eigenvalue weighted by Gasteiger charge is 2.18. The van der Waals surface area contributed by atoms with Crippen molar-refractivity contribution in [2.24, 2.45) is 0 Å². The molecule has 0 amide bonds. The molecule has 1 rings (SSSR count). The Kier molecular flexibility index (Phi) is 1.52. The first-order chi connectivity index (χ1) is 3.72. The van der Waals surface area contributed by atoms with Crippen molar-refractivity contribution in [2.45, 2.75) is 24.3 Å². The van der Waals surface area contributed by atoms with Gasteiger partial charge in [-0.3, -0.25) is 4.21 Å². The molecule has 0 aromatic rings. The van der Waals surface area contributed by atoms with E-state index in [1.165, 1.54) is 0 Å². The van der Waals surface area contributed by atoms with E-state index < -0.39 is 10.8 Å².